The van der Waals surface area contributed by atoms with E-state index >= 15 is 0 Å². The van der Waals surface area contributed by atoms with Crippen molar-refractivity contribution in [3.05, 3.63) is 29.8 Å². The van der Waals surface area contributed by atoms with Crippen molar-refractivity contribution in [3.63, 3.8) is 0 Å². The van der Waals surface area contributed by atoms with Gasteiger partial charge in [-0.1, -0.05) is 19.1 Å². The Morgan fingerprint density at radius 1 is 1.35 bits per heavy atom. The third-order valence-electron chi connectivity index (χ3n) is 4.93. The van der Waals surface area contributed by atoms with Gasteiger partial charge in [-0.25, -0.2) is 0 Å². The van der Waals surface area contributed by atoms with Crippen LogP contribution in [0.5, 0.6) is 5.75 Å². The number of hydrogen-bond acceptors (Lipinski definition) is 3. The third kappa shape index (κ3) is 3.66. The molecule has 5 heteroatoms. The Hall–Kier alpha value is -2.04. The Balaban J connectivity index is 1.48. The molecule has 1 aliphatic heterocycles. The van der Waals surface area contributed by atoms with Gasteiger partial charge in [0, 0.05) is 24.9 Å². The maximum Gasteiger partial charge on any atom is 0.226 e. The fraction of sp³-hybridized carbons (Fsp3) is 0.556. The monoisotopic (exact) mass is 316 g/mol. The first kappa shape index (κ1) is 15.8. The molecule has 5 nitrogen and oxygen atoms in total. The molecule has 1 N–H and O–H groups in total. The second kappa shape index (κ2) is 6.22. The van der Waals surface area contributed by atoms with Crippen LogP contribution >= 0.6 is 0 Å². The Bertz CT molecular complexity index is 593. The number of rotatable bonds is 6. The first-order valence-electron chi connectivity index (χ1n) is 8.22. The Labute approximate surface area is 137 Å². The standard InChI is InChI=1S/C18H24N2O3/c1-18(8-9-18)17(22)19-14-11-16(21)20(12-14)10-7-13-3-5-15(23-2)6-4-13/h3-6,14H,7-12H2,1-2H3,(H,19,22)/t14-/m0/s1. The molecule has 1 aromatic rings. The average molecular weight is 316 g/mol. The molecular formula is C18H24N2O3. The summed E-state index contributed by atoms with van der Waals surface area (Å²) in [6, 6.07) is 7.86. The van der Waals surface area contributed by atoms with Crippen LogP contribution in [0.25, 0.3) is 0 Å². The van der Waals surface area contributed by atoms with Crippen LogP contribution in [-0.2, 0) is 16.0 Å². The van der Waals surface area contributed by atoms with Gasteiger partial charge < -0.3 is 15.0 Å². The average Bonchev–Trinajstić information content (AvgIpc) is 3.21. The van der Waals surface area contributed by atoms with E-state index in [-0.39, 0.29) is 23.3 Å². The molecule has 124 valence electrons. The van der Waals surface area contributed by atoms with Gasteiger partial charge in [-0.2, -0.15) is 0 Å². The maximum absolute atomic E-state index is 12.1. The molecule has 2 amide bonds. The van der Waals surface area contributed by atoms with E-state index in [2.05, 4.69) is 5.32 Å². The summed E-state index contributed by atoms with van der Waals surface area (Å²) in [5, 5.41) is 3.04. The van der Waals surface area contributed by atoms with E-state index in [1.165, 1.54) is 5.56 Å². The lowest BCUT2D eigenvalue weighted by Gasteiger charge is -2.18. The summed E-state index contributed by atoms with van der Waals surface area (Å²) in [4.78, 5) is 26.0. The Kier molecular flexibility index (Phi) is 4.28. The number of ether oxygens (including phenoxy) is 1. The van der Waals surface area contributed by atoms with Gasteiger partial charge in [0.2, 0.25) is 11.8 Å². The minimum atomic E-state index is -0.181. The molecule has 0 aromatic heterocycles. The fourth-order valence-electron chi connectivity index (χ4n) is 2.92. The molecule has 1 saturated carbocycles. The lowest BCUT2D eigenvalue weighted by atomic mass is 10.1. The molecule has 0 bridgehead atoms. The van der Waals surface area contributed by atoms with Gasteiger partial charge in [0.05, 0.1) is 13.2 Å². The third-order valence-corrected chi connectivity index (χ3v) is 4.93. The number of nitrogens with zero attached hydrogens (tertiary/aromatic N) is 1. The van der Waals surface area contributed by atoms with Gasteiger partial charge in [-0.15, -0.1) is 0 Å². The Morgan fingerprint density at radius 2 is 2.04 bits per heavy atom. The van der Waals surface area contributed by atoms with Gasteiger partial charge in [0.1, 0.15) is 5.75 Å². The van der Waals surface area contributed by atoms with Gasteiger partial charge in [0.15, 0.2) is 0 Å². The molecule has 1 saturated heterocycles. The molecule has 23 heavy (non-hydrogen) atoms. The zero-order valence-corrected chi connectivity index (χ0v) is 13.8. The van der Waals surface area contributed by atoms with E-state index in [0.29, 0.717) is 19.5 Å². The summed E-state index contributed by atoms with van der Waals surface area (Å²) in [5.74, 6) is 1.07. The fourth-order valence-corrected chi connectivity index (χ4v) is 2.92. The Morgan fingerprint density at radius 3 is 2.65 bits per heavy atom. The topological polar surface area (TPSA) is 58.6 Å². The van der Waals surface area contributed by atoms with Crippen molar-refractivity contribution in [2.75, 3.05) is 20.2 Å². The van der Waals surface area contributed by atoms with Crippen molar-refractivity contribution in [3.8, 4) is 5.75 Å². The minimum absolute atomic E-state index is 0.0386. The highest BCUT2D eigenvalue weighted by atomic mass is 16.5. The lowest BCUT2D eigenvalue weighted by molar-refractivity contribution is -0.127. The van der Waals surface area contributed by atoms with Crippen molar-refractivity contribution in [1.82, 2.24) is 10.2 Å². The normalized spacial score (nSPS) is 22.1. The van der Waals surface area contributed by atoms with Crippen LogP contribution in [0.1, 0.15) is 31.7 Å². The van der Waals surface area contributed by atoms with E-state index < -0.39 is 0 Å². The number of hydrogen-bond donors (Lipinski definition) is 1. The SMILES string of the molecule is COc1ccc(CCN2C[C@@H](NC(=O)C3(C)CC3)CC2=O)cc1. The van der Waals surface area contributed by atoms with Crippen LogP contribution in [0.4, 0.5) is 0 Å². The predicted molar refractivity (Wildman–Crippen MR) is 87.2 cm³/mol. The lowest BCUT2D eigenvalue weighted by Crippen LogP contribution is -2.40. The summed E-state index contributed by atoms with van der Waals surface area (Å²) in [5.41, 5.74) is 0.996. The van der Waals surface area contributed by atoms with Crippen molar-refractivity contribution in [1.29, 1.82) is 0 Å². The van der Waals surface area contributed by atoms with Crippen LogP contribution in [0.3, 0.4) is 0 Å². The molecule has 1 heterocycles. The number of methoxy groups -OCH3 is 1. The summed E-state index contributed by atoms with van der Waals surface area (Å²) >= 11 is 0. The number of likely N-dealkylation sites (tertiary alicyclic amines) is 1. The largest absolute Gasteiger partial charge is 0.497 e. The van der Waals surface area contributed by atoms with E-state index in [4.69, 9.17) is 4.74 Å². The highest BCUT2D eigenvalue weighted by Gasteiger charge is 2.46. The van der Waals surface area contributed by atoms with Crippen LogP contribution in [-0.4, -0.2) is 43.0 Å². The molecule has 2 aliphatic rings. The molecule has 1 aliphatic carbocycles. The maximum atomic E-state index is 12.1. The number of carbonyl (C=O) groups is 2. The molecular weight excluding hydrogens is 292 g/mol. The molecule has 3 rings (SSSR count). The predicted octanol–water partition coefficient (Wildman–Crippen LogP) is 1.75. The van der Waals surface area contributed by atoms with Crippen molar-refractivity contribution in [2.24, 2.45) is 5.41 Å². The van der Waals surface area contributed by atoms with Crippen LogP contribution in [0.15, 0.2) is 24.3 Å². The summed E-state index contributed by atoms with van der Waals surface area (Å²) in [6.07, 6.45) is 3.15. The van der Waals surface area contributed by atoms with Crippen LogP contribution < -0.4 is 10.1 Å². The molecule has 0 spiro atoms. The highest BCUT2D eigenvalue weighted by molar-refractivity contribution is 5.86. The smallest absolute Gasteiger partial charge is 0.226 e. The zero-order valence-electron chi connectivity index (χ0n) is 13.8. The summed E-state index contributed by atoms with van der Waals surface area (Å²) in [6.45, 7) is 3.30. The van der Waals surface area contributed by atoms with Gasteiger partial charge in [-0.3, -0.25) is 9.59 Å². The molecule has 1 aromatic carbocycles. The second-order valence-corrected chi connectivity index (χ2v) is 6.87. The van der Waals surface area contributed by atoms with E-state index in [9.17, 15) is 9.59 Å². The number of benzene rings is 1. The number of carbonyl (C=O) groups excluding carboxylic acids is 2. The van der Waals surface area contributed by atoms with Crippen molar-refractivity contribution >= 4 is 11.8 Å². The molecule has 2 fully saturated rings. The summed E-state index contributed by atoms with van der Waals surface area (Å²) < 4.78 is 5.14. The van der Waals surface area contributed by atoms with E-state index in [1.807, 2.05) is 36.1 Å². The van der Waals surface area contributed by atoms with Gasteiger partial charge in [-0.05, 0) is 37.0 Å². The van der Waals surface area contributed by atoms with Crippen LogP contribution in [0.2, 0.25) is 0 Å². The molecule has 1 atom stereocenters. The van der Waals surface area contributed by atoms with Crippen molar-refractivity contribution < 1.29 is 14.3 Å². The van der Waals surface area contributed by atoms with Crippen molar-refractivity contribution in [2.45, 2.75) is 38.6 Å². The zero-order chi connectivity index (χ0) is 16.4. The molecule has 0 radical (unpaired) electrons. The quantitative estimate of drug-likeness (QED) is 0.870. The second-order valence-electron chi connectivity index (χ2n) is 6.87. The minimum Gasteiger partial charge on any atom is -0.497 e. The van der Waals surface area contributed by atoms with E-state index in [1.54, 1.807) is 7.11 Å². The van der Waals surface area contributed by atoms with Crippen LogP contribution in [0, 0.1) is 5.41 Å². The summed E-state index contributed by atoms with van der Waals surface area (Å²) in [7, 11) is 1.65. The first-order chi connectivity index (χ1) is 11.0. The number of amides is 2. The van der Waals surface area contributed by atoms with E-state index in [0.717, 1.165) is 25.0 Å². The van der Waals surface area contributed by atoms with Gasteiger partial charge >= 0.3 is 0 Å². The number of nitrogens with one attached hydrogen (secondary N) is 1. The molecule has 0 unspecified atom stereocenters. The first-order valence-corrected chi connectivity index (χ1v) is 8.22. The highest BCUT2D eigenvalue weighted by Crippen LogP contribution is 2.45. The van der Waals surface area contributed by atoms with Gasteiger partial charge in [0.25, 0.3) is 0 Å².